The van der Waals surface area contributed by atoms with E-state index in [1.165, 1.54) is 19.5 Å². The number of thioether (sulfide) groups is 1. The van der Waals surface area contributed by atoms with Gasteiger partial charge in [-0.3, -0.25) is 9.78 Å². The first kappa shape index (κ1) is 17.3. The summed E-state index contributed by atoms with van der Waals surface area (Å²) >= 11 is 1.55. The summed E-state index contributed by atoms with van der Waals surface area (Å²) in [5, 5.41) is 0.575. The highest BCUT2D eigenvalue weighted by atomic mass is 32.2. The largest absolute Gasteiger partial charge is 0.480 e. The fourth-order valence-electron chi connectivity index (χ4n) is 2.57. The van der Waals surface area contributed by atoms with Gasteiger partial charge in [-0.25, -0.2) is 15.0 Å². The standard InChI is InChI=1S/C17H19N5O2S/c1-17(6-7-25-16(18)22-17)14-5-3-4-11(21-14)8-13(23)12-9-20-15(24-2)10-19-12/h3-5,9-10H,6-8H2,1-2H3,(H2,18,22)/t17-/m0/s1. The van der Waals surface area contributed by atoms with Crippen LogP contribution in [-0.2, 0) is 12.0 Å². The van der Waals surface area contributed by atoms with E-state index in [2.05, 4.69) is 19.9 Å². The van der Waals surface area contributed by atoms with Gasteiger partial charge in [0.15, 0.2) is 11.0 Å². The number of hydrogen-bond acceptors (Lipinski definition) is 8. The van der Waals surface area contributed by atoms with Crippen LogP contribution in [0, 0.1) is 0 Å². The number of hydrogen-bond donors (Lipinski definition) is 1. The molecule has 0 aliphatic carbocycles. The van der Waals surface area contributed by atoms with Crippen molar-refractivity contribution < 1.29 is 9.53 Å². The molecule has 1 aliphatic rings. The predicted octanol–water partition coefficient (Wildman–Crippen LogP) is 1.97. The number of aromatic nitrogens is 3. The lowest BCUT2D eigenvalue weighted by Gasteiger charge is -2.28. The molecule has 2 aromatic heterocycles. The van der Waals surface area contributed by atoms with E-state index in [0.717, 1.165) is 17.9 Å². The number of Topliss-reactive ketones (excluding diaryl/α,β-unsaturated/α-hetero) is 1. The Morgan fingerprint density at radius 3 is 2.88 bits per heavy atom. The number of carbonyl (C=O) groups excluding carboxylic acids is 1. The molecule has 2 N–H and O–H groups in total. The molecule has 0 unspecified atom stereocenters. The first-order valence-corrected chi connectivity index (χ1v) is 8.82. The summed E-state index contributed by atoms with van der Waals surface area (Å²) in [6.45, 7) is 2.02. The van der Waals surface area contributed by atoms with Gasteiger partial charge in [0.05, 0.1) is 31.6 Å². The monoisotopic (exact) mass is 357 g/mol. The first-order valence-electron chi connectivity index (χ1n) is 7.84. The third kappa shape index (κ3) is 3.96. The lowest BCUT2D eigenvalue weighted by Crippen LogP contribution is -2.30. The summed E-state index contributed by atoms with van der Waals surface area (Å²) in [7, 11) is 1.50. The Kier molecular flexibility index (Phi) is 4.98. The second kappa shape index (κ2) is 7.18. The van der Waals surface area contributed by atoms with Crippen molar-refractivity contribution in [3.8, 4) is 5.88 Å². The zero-order chi connectivity index (χ0) is 17.9. The maximum Gasteiger partial charge on any atom is 0.232 e. The number of nitrogens with two attached hydrogens (primary N) is 1. The van der Waals surface area contributed by atoms with Gasteiger partial charge in [-0.1, -0.05) is 17.8 Å². The molecule has 0 spiro atoms. The molecule has 0 radical (unpaired) electrons. The lowest BCUT2D eigenvalue weighted by atomic mass is 9.94. The molecule has 0 aromatic carbocycles. The van der Waals surface area contributed by atoms with E-state index in [1.54, 1.807) is 11.8 Å². The van der Waals surface area contributed by atoms with Gasteiger partial charge < -0.3 is 10.5 Å². The summed E-state index contributed by atoms with van der Waals surface area (Å²) < 4.78 is 4.95. The van der Waals surface area contributed by atoms with Crippen molar-refractivity contribution in [2.45, 2.75) is 25.3 Å². The van der Waals surface area contributed by atoms with Gasteiger partial charge in [-0.2, -0.15) is 0 Å². The van der Waals surface area contributed by atoms with Crippen LogP contribution in [0.4, 0.5) is 0 Å². The molecule has 7 nitrogen and oxygen atoms in total. The third-order valence-corrected chi connectivity index (χ3v) is 4.81. The van der Waals surface area contributed by atoms with Gasteiger partial charge >= 0.3 is 0 Å². The number of aliphatic imine (C=N–C) groups is 1. The molecule has 0 saturated carbocycles. The minimum absolute atomic E-state index is 0.146. The van der Waals surface area contributed by atoms with E-state index in [1.807, 2.05) is 25.1 Å². The van der Waals surface area contributed by atoms with E-state index in [0.29, 0.717) is 16.7 Å². The van der Waals surface area contributed by atoms with E-state index in [4.69, 9.17) is 10.5 Å². The summed E-state index contributed by atoms with van der Waals surface area (Å²) in [5.41, 5.74) is 7.20. The lowest BCUT2D eigenvalue weighted by molar-refractivity contribution is 0.0986. The second-order valence-corrected chi connectivity index (χ2v) is 7.00. The topological polar surface area (TPSA) is 103 Å². The molecule has 8 heteroatoms. The molecule has 3 rings (SSSR count). The molecule has 1 atom stereocenters. The van der Waals surface area contributed by atoms with Crippen molar-refractivity contribution in [1.82, 2.24) is 15.0 Å². The summed E-state index contributed by atoms with van der Waals surface area (Å²) in [6, 6.07) is 5.64. The quantitative estimate of drug-likeness (QED) is 0.816. The van der Waals surface area contributed by atoms with Gasteiger partial charge in [0.2, 0.25) is 5.88 Å². The summed E-state index contributed by atoms with van der Waals surface area (Å²) in [6.07, 6.45) is 3.84. The van der Waals surface area contributed by atoms with E-state index >= 15 is 0 Å². The molecule has 0 fully saturated rings. The number of carbonyl (C=O) groups is 1. The van der Waals surface area contributed by atoms with Gasteiger partial charge in [-0.05, 0) is 25.5 Å². The summed E-state index contributed by atoms with van der Waals surface area (Å²) in [5.74, 6) is 1.13. The average molecular weight is 357 g/mol. The van der Waals surface area contributed by atoms with Crippen LogP contribution in [0.2, 0.25) is 0 Å². The SMILES string of the molecule is COc1cnc(C(=O)Cc2cccc([C@]3(C)CCSC(N)=N3)n2)cn1. The van der Waals surface area contributed by atoms with Crippen LogP contribution in [0.5, 0.6) is 5.88 Å². The maximum absolute atomic E-state index is 12.4. The highest BCUT2D eigenvalue weighted by molar-refractivity contribution is 8.13. The van der Waals surface area contributed by atoms with Crippen LogP contribution in [0.15, 0.2) is 35.6 Å². The Bertz CT molecular complexity index is 809. The van der Waals surface area contributed by atoms with Gasteiger partial charge in [-0.15, -0.1) is 0 Å². The molecule has 2 aromatic rings. The van der Waals surface area contributed by atoms with Crippen molar-refractivity contribution in [1.29, 1.82) is 0 Å². The molecule has 3 heterocycles. The Morgan fingerprint density at radius 1 is 1.36 bits per heavy atom. The predicted molar refractivity (Wildman–Crippen MR) is 96.9 cm³/mol. The maximum atomic E-state index is 12.4. The Hall–Kier alpha value is -2.48. The number of pyridine rings is 1. The van der Waals surface area contributed by atoms with Crippen LogP contribution in [0.1, 0.15) is 35.2 Å². The summed E-state index contributed by atoms with van der Waals surface area (Å²) in [4.78, 5) is 29.7. The highest BCUT2D eigenvalue weighted by Crippen LogP contribution is 2.33. The van der Waals surface area contributed by atoms with Crippen molar-refractivity contribution >= 4 is 22.7 Å². The van der Waals surface area contributed by atoms with Crippen molar-refractivity contribution in [3.05, 3.63) is 47.7 Å². The van der Waals surface area contributed by atoms with Crippen LogP contribution >= 0.6 is 11.8 Å². The molecule has 0 bridgehead atoms. The molecule has 25 heavy (non-hydrogen) atoms. The van der Waals surface area contributed by atoms with E-state index in [-0.39, 0.29) is 17.9 Å². The fourth-order valence-corrected chi connectivity index (χ4v) is 3.54. The molecule has 0 saturated heterocycles. The van der Waals surface area contributed by atoms with Gasteiger partial charge in [0.1, 0.15) is 11.2 Å². The number of nitrogens with zero attached hydrogens (tertiary/aromatic N) is 4. The van der Waals surface area contributed by atoms with Crippen LogP contribution in [-0.4, -0.2) is 38.8 Å². The highest BCUT2D eigenvalue weighted by Gasteiger charge is 2.31. The zero-order valence-corrected chi connectivity index (χ0v) is 14.9. The minimum atomic E-state index is -0.450. The van der Waals surface area contributed by atoms with E-state index < -0.39 is 5.54 Å². The van der Waals surface area contributed by atoms with Gasteiger partial charge in [0.25, 0.3) is 0 Å². The molecular formula is C17H19N5O2S. The number of amidine groups is 1. The second-order valence-electron chi connectivity index (χ2n) is 5.88. The number of rotatable bonds is 5. The van der Waals surface area contributed by atoms with Crippen LogP contribution < -0.4 is 10.5 Å². The Morgan fingerprint density at radius 2 is 2.20 bits per heavy atom. The molecule has 130 valence electrons. The van der Waals surface area contributed by atoms with Crippen molar-refractivity contribution in [3.63, 3.8) is 0 Å². The molecular weight excluding hydrogens is 338 g/mol. The van der Waals surface area contributed by atoms with E-state index in [9.17, 15) is 4.79 Å². The minimum Gasteiger partial charge on any atom is -0.480 e. The van der Waals surface area contributed by atoms with Crippen molar-refractivity contribution in [2.75, 3.05) is 12.9 Å². The zero-order valence-electron chi connectivity index (χ0n) is 14.1. The fraction of sp³-hybridized carbons (Fsp3) is 0.353. The van der Waals surface area contributed by atoms with Crippen LogP contribution in [0.25, 0.3) is 0 Å². The smallest absolute Gasteiger partial charge is 0.232 e. The Labute approximate surface area is 150 Å². The van der Waals surface area contributed by atoms with Crippen molar-refractivity contribution in [2.24, 2.45) is 10.7 Å². The number of ether oxygens (including phenoxy) is 1. The Balaban J connectivity index is 1.79. The number of methoxy groups -OCH3 is 1. The number of ketones is 1. The average Bonchev–Trinajstić information content (AvgIpc) is 2.62. The van der Waals surface area contributed by atoms with Crippen LogP contribution in [0.3, 0.4) is 0 Å². The molecule has 0 amide bonds. The first-order chi connectivity index (χ1) is 12.0. The van der Waals surface area contributed by atoms with Gasteiger partial charge in [0, 0.05) is 11.4 Å². The normalized spacial score (nSPS) is 20.0. The third-order valence-electron chi connectivity index (χ3n) is 4.02. The molecule has 1 aliphatic heterocycles.